The lowest BCUT2D eigenvalue weighted by Gasteiger charge is -2.19. The normalized spacial score (nSPS) is 12.3. The number of carbonyl (C=O) groups excluding carboxylic acids is 2. The third kappa shape index (κ3) is 3.30. The highest BCUT2D eigenvalue weighted by Gasteiger charge is 2.13. The van der Waals surface area contributed by atoms with E-state index in [1.807, 2.05) is 14.1 Å². The Balaban J connectivity index is 4.01. The summed E-state index contributed by atoms with van der Waals surface area (Å²) >= 11 is 0. The van der Waals surface area contributed by atoms with Gasteiger partial charge in [-0.05, 0) is 27.1 Å². The number of hydrogen-bond acceptors (Lipinski definition) is 3. The molecule has 1 unspecified atom stereocenters. The second kappa shape index (κ2) is 4.66. The van der Waals surface area contributed by atoms with Gasteiger partial charge in [0.15, 0.2) is 0 Å². The zero-order valence-electron chi connectivity index (χ0n) is 7.63. The van der Waals surface area contributed by atoms with E-state index < -0.39 is 11.7 Å². The summed E-state index contributed by atoms with van der Waals surface area (Å²) in [6.45, 7) is 5.00. The molecule has 4 nitrogen and oxygen atoms in total. The van der Waals surface area contributed by atoms with Crippen molar-refractivity contribution in [1.82, 2.24) is 10.2 Å². The molecule has 0 heterocycles. The molecule has 0 spiro atoms. The third-order valence-corrected chi connectivity index (χ3v) is 1.52. The van der Waals surface area contributed by atoms with Crippen LogP contribution in [0, 0.1) is 0 Å². The Morgan fingerprint density at radius 1 is 1.50 bits per heavy atom. The topological polar surface area (TPSA) is 49.4 Å². The summed E-state index contributed by atoms with van der Waals surface area (Å²) in [7, 11) is 3.62. The van der Waals surface area contributed by atoms with Gasteiger partial charge in [-0.3, -0.25) is 14.5 Å². The number of carbonyl (C=O) groups is 2. The van der Waals surface area contributed by atoms with Crippen molar-refractivity contribution in [2.75, 3.05) is 14.1 Å². The second-order valence-electron chi connectivity index (χ2n) is 2.68. The molecule has 4 heteroatoms. The lowest BCUT2D eigenvalue weighted by atomic mass is 10.3. The molecule has 0 saturated heterocycles. The number of nitrogens with one attached hydrogen (secondary N) is 1. The third-order valence-electron chi connectivity index (χ3n) is 1.52. The van der Waals surface area contributed by atoms with Gasteiger partial charge in [0.05, 0.1) is 6.17 Å². The van der Waals surface area contributed by atoms with E-state index >= 15 is 0 Å². The van der Waals surface area contributed by atoms with E-state index in [4.69, 9.17) is 0 Å². The van der Waals surface area contributed by atoms with E-state index in [-0.39, 0.29) is 6.17 Å². The van der Waals surface area contributed by atoms with Crippen LogP contribution in [0.5, 0.6) is 0 Å². The molecule has 0 fully saturated rings. The highest BCUT2D eigenvalue weighted by Crippen LogP contribution is 1.86. The van der Waals surface area contributed by atoms with Gasteiger partial charge in [0.2, 0.25) is 5.78 Å². The quantitative estimate of drug-likeness (QED) is 0.360. The summed E-state index contributed by atoms with van der Waals surface area (Å²) in [6, 6.07) is 0. The molecule has 1 atom stereocenters. The first-order chi connectivity index (χ1) is 5.49. The fourth-order valence-electron chi connectivity index (χ4n) is 0.483. The monoisotopic (exact) mass is 170 g/mol. The Morgan fingerprint density at radius 3 is 2.33 bits per heavy atom. The van der Waals surface area contributed by atoms with E-state index in [0.717, 1.165) is 6.08 Å². The van der Waals surface area contributed by atoms with Crippen molar-refractivity contribution in [2.24, 2.45) is 0 Å². The first kappa shape index (κ1) is 10.8. The minimum absolute atomic E-state index is 0.151. The van der Waals surface area contributed by atoms with E-state index in [1.165, 1.54) is 0 Å². The predicted molar refractivity (Wildman–Crippen MR) is 46.5 cm³/mol. The molecule has 0 saturated carbocycles. The Morgan fingerprint density at radius 2 is 2.00 bits per heavy atom. The number of nitrogens with zero attached hydrogens (tertiary/aromatic N) is 1. The van der Waals surface area contributed by atoms with E-state index in [9.17, 15) is 9.59 Å². The minimum Gasteiger partial charge on any atom is -0.334 e. The van der Waals surface area contributed by atoms with E-state index in [2.05, 4.69) is 11.9 Å². The van der Waals surface area contributed by atoms with Crippen LogP contribution in [0.3, 0.4) is 0 Å². The average Bonchev–Trinajstić information content (AvgIpc) is 2.02. The molecule has 1 N–H and O–H groups in total. The Labute approximate surface area is 72.2 Å². The molecule has 0 rings (SSSR count). The highest BCUT2D eigenvalue weighted by molar-refractivity contribution is 6.40. The maximum atomic E-state index is 10.9. The van der Waals surface area contributed by atoms with Crippen molar-refractivity contribution in [3.8, 4) is 0 Å². The Kier molecular flexibility index (Phi) is 4.21. The van der Waals surface area contributed by atoms with Crippen molar-refractivity contribution in [3.05, 3.63) is 12.7 Å². The molecule has 0 aromatic carbocycles. The molecule has 1 amide bonds. The molecule has 12 heavy (non-hydrogen) atoms. The molecule has 68 valence electrons. The maximum absolute atomic E-state index is 10.9. The summed E-state index contributed by atoms with van der Waals surface area (Å²) in [5.41, 5.74) is 0. The Hall–Kier alpha value is -1.16. The Bertz CT molecular complexity index is 199. The van der Waals surface area contributed by atoms with Crippen LogP contribution in [0.25, 0.3) is 0 Å². The van der Waals surface area contributed by atoms with Gasteiger partial charge >= 0.3 is 0 Å². The first-order valence-corrected chi connectivity index (χ1v) is 3.62. The van der Waals surface area contributed by atoms with Gasteiger partial charge in [-0.25, -0.2) is 0 Å². The SMILES string of the molecule is C=CC(=O)C(=O)NC(C)N(C)C. The van der Waals surface area contributed by atoms with Crippen LogP contribution in [-0.4, -0.2) is 36.9 Å². The lowest BCUT2D eigenvalue weighted by molar-refractivity contribution is -0.136. The van der Waals surface area contributed by atoms with Crippen LogP contribution in [0.2, 0.25) is 0 Å². The van der Waals surface area contributed by atoms with Crippen LogP contribution in [0.15, 0.2) is 12.7 Å². The number of ketones is 1. The zero-order chi connectivity index (χ0) is 9.72. The zero-order valence-corrected chi connectivity index (χ0v) is 7.63. The highest BCUT2D eigenvalue weighted by atomic mass is 16.2. The molecule has 0 aromatic heterocycles. The standard InChI is InChI=1S/C8H14N2O2/c1-5-7(11)8(12)9-6(2)10(3)4/h5-6H,1H2,2-4H3,(H,9,12). The van der Waals surface area contributed by atoms with Gasteiger partial charge in [0.1, 0.15) is 0 Å². The molecule has 0 aliphatic carbocycles. The fourth-order valence-corrected chi connectivity index (χ4v) is 0.483. The second-order valence-corrected chi connectivity index (χ2v) is 2.68. The molecule has 0 aromatic rings. The molecule has 0 radical (unpaired) electrons. The van der Waals surface area contributed by atoms with Crippen molar-refractivity contribution in [3.63, 3.8) is 0 Å². The van der Waals surface area contributed by atoms with Gasteiger partial charge in [-0.1, -0.05) is 6.58 Å². The summed E-state index contributed by atoms with van der Waals surface area (Å²) in [5, 5.41) is 2.50. The molecular formula is C8H14N2O2. The van der Waals surface area contributed by atoms with Crippen molar-refractivity contribution in [1.29, 1.82) is 0 Å². The number of rotatable bonds is 4. The molecular weight excluding hydrogens is 156 g/mol. The van der Waals surface area contributed by atoms with Crippen molar-refractivity contribution in [2.45, 2.75) is 13.1 Å². The van der Waals surface area contributed by atoms with Crippen LogP contribution in [0.1, 0.15) is 6.92 Å². The van der Waals surface area contributed by atoms with Gasteiger partial charge in [-0.15, -0.1) is 0 Å². The van der Waals surface area contributed by atoms with Crippen LogP contribution in [-0.2, 0) is 9.59 Å². The summed E-state index contributed by atoms with van der Waals surface area (Å²) < 4.78 is 0. The summed E-state index contributed by atoms with van der Waals surface area (Å²) in [4.78, 5) is 23.4. The number of amides is 1. The predicted octanol–water partition coefficient (Wildman–Crippen LogP) is -0.235. The number of hydrogen-bond donors (Lipinski definition) is 1. The summed E-state index contributed by atoms with van der Waals surface area (Å²) in [6.07, 6.45) is 0.846. The van der Waals surface area contributed by atoms with Gasteiger partial charge in [-0.2, -0.15) is 0 Å². The smallest absolute Gasteiger partial charge is 0.292 e. The van der Waals surface area contributed by atoms with Crippen molar-refractivity contribution >= 4 is 11.7 Å². The van der Waals surface area contributed by atoms with Gasteiger partial charge < -0.3 is 5.32 Å². The molecule has 0 aliphatic heterocycles. The van der Waals surface area contributed by atoms with Crippen LogP contribution < -0.4 is 5.32 Å². The van der Waals surface area contributed by atoms with Gasteiger partial charge in [0.25, 0.3) is 5.91 Å². The average molecular weight is 170 g/mol. The largest absolute Gasteiger partial charge is 0.334 e. The first-order valence-electron chi connectivity index (χ1n) is 3.62. The fraction of sp³-hybridized carbons (Fsp3) is 0.500. The lowest BCUT2D eigenvalue weighted by Crippen LogP contribution is -2.44. The van der Waals surface area contributed by atoms with E-state index in [0.29, 0.717) is 0 Å². The molecule has 0 aliphatic rings. The van der Waals surface area contributed by atoms with Gasteiger partial charge in [0, 0.05) is 0 Å². The maximum Gasteiger partial charge on any atom is 0.292 e. The minimum atomic E-state index is -0.619. The van der Waals surface area contributed by atoms with E-state index in [1.54, 1.807) is 11.8 Å². The summed E-state index contributed by atoms with van der Waals surface area (Å²) in [5.74, 6) is -1.23. The molecule has 0 bridgehead atoms. The van der Waals surface area contributed by atoms with Crippen LogP contribution >= 0.6 is 0 Å². The van der Waals surface area contributed by atoms with Crippen molar-refractivity contribution < 1.29 is 9.59 Å². The van der Waals surface area contributed by atoms with Crippen LogP contribution in [0.4, 0.5) is 0 Å².